The Morgan fingerprint density at radius 2 is 2.06 bits per heavy atom. The smallest absolute Gasteiger partial charge is 0.124 e. The summed E-state index contributed by atoms with van der Waals surface area (Å²) in [5.41, 5.74) is 1.81. The van der Waals surface area contributed by atoms with Crippen LogP contribution in [-0.4, -0.2) is 16.5 Å². The molecule has 0 aliphatic carbocycles. The van der Waals surface area contributed by atoms with Gasteiger partial charge in [-0.3, -0.25) is 0 Å². The van der Waals surface area contributed by atoms with Crippen LogP contribution < -0.4 is 5.32 Å². The second-order valence-corrected chi connectivity index (χ2v) is 4.33. The van der Waals surface area contributed by atoms with E-state index in [0.717, 1.165) is 30.0 Å². The van der Waals surface area contributed by atoms with Crippen molar-refractivity contribution in [1.29, 1.82) is 0 Å². The highest BCUT2D eigenvalue weighted by molar-refractivity contribution is 5.58. The second kappa shape index (κ2) is 4.30. The van der Waals surface area contributed by atoms with Crippen LogP contribution in [0.1, 0.15) is 24.7 Å². The van der Waals surface area contributed by atoms with Crippen LogP contribution in [-0.2, 0) is 0 Å². The summed E-state index contributed by atoms with van der Waals surface area (Å²) in [6.45, 7) is 1.05. The number of hydrogen-bond donors (Lipinski definition) is 2. The van der Waals surface area contributed by atoms with E-state index in [9.17, 15) is 4.39 Å². The third kappa shape index (κ3) is 2.08. The molecule has 1 aromatic carbocycles. The Labute approximate surface area is 99.1 Å². The van der Waals surface area contributed by atoms with E-state index < -0.39 is 0 Å². The van der Waals surface area contributed by atoms with E-state index in [2.05, 4.69) is 15.3 Å². The van der Waals surface area contributed by atoms with Gasteiger partial charge in [-0.05, 0) is 43.7 Å². The van der Waals surface area contributed by atoms with Crippen LogP contribution in [0.4, 0.5) is 4.39 Å². The molecule has 0 amide bonds. The van der Waals surface area contributed by atoms with Crippen LogP contribution in [0.15, 0.2) is 30.5 Å². The fraction of sp³-hybridized carbons (Fsp3) is 0.308. The minimum absolute atomic E-state index is 0.220. The molecule has 0 saturated carbocycles. The van der Waals surface area contributed by atoms with Crippen molar-refractivity contribution in [1.82, 2.24) is 15.3 Å². The van der Waals surface area contributed by atoms with Gasteiger partial charge in [0.25, 0.3) is 0 Å². The number of H-pyrrole nitrogens is 1. The molecule has 17 heavy (non-hydrogen) atoms. The van der Waals surface area contributed by atoms with Crippen molar-refractivity contribution in [2.75, 3.05) is 6.54 Å². The lowest BCUT2D eigenvalue weighted by Crippen LogP contribution is -2.14. The van der Waals surface area contributed by atoms with E-state index in [1.54, 1.807) is 12.1 Å². The fourth-order valence-electron chi connectivity index (χ4n) is 2.20. The van der Waals surface area contributed by atoms with Crippen molar-refractivity contribution in [2.24, 2.45) is 0 Å². The van der Waals surface area contributed by atoms with Gasteiger partial charge in [0, 0.05) is 11.8 Å². The Balaban J connectivity index is 1.86. The van der Waals surface area contributed by atoms with E-state index in [1.807, 2.05) is 6.20 Å². The van der Waals surface area contributed by atoms with Crippen LogP contribution in [0.25, 0.3) is 11.3 Å². The standard InChI is InChI=1S/C13H14FN3/c14-10-5-3-9(4-6-10)12-8-16-13(17-12)11-2-1-7-15-11/h3-6,8,11,15H,1-2,7H2,(H,16,17). The summed E-state index contributed by atoms with van der Waals surface area (Å²) in [5.74, 6) is 0.754. The van der Waals surface area contributed by atoms with Gasteiger partial charge in [-0.25, -0.2) is 9.37 Å². The molecule has 0 spiro atoms. The minimum Gasteiger partial charge on any atom is -0.347 e. The number of aromatic amines is 1. The summed E-state index contributed by atoms with van der Waals surface area (Å²) < 4.78 is 12.8. The topological polar surface area (TPSA) is 40.7 Å². The molecule has 3 rings (SSSR count). The van der Waals surface area contributed by atoms with E-state index in [4.69, 9.17) is 0 Å². The van der Waals surface area contributed by atoms with Crippen molar-refractivity contribution in [2.45, 2.75) is 18.9 Å². The van der Waals surface area contributed by atoms with Gasteiger partial charge in [0.05, 0.1) is 11.7 Å². The zero-order valence-corrected chi connectivity index (χ0v) is 9.41. The zero-order chi connectivity index (χ0) is 11.7. The first-order valence-corrected chi connectivity index (χ1v) is 5.87. The zero-order valence-electron chi connectivity index (χ0n) is 9.41. The van der Waals surface area contributed by atoms with Gasteiger partial charge in [0.1, 0.15) is 11.6 Å². The molecule has 1 saturated heterocycles. The summed E-state index contributed by atoms with van der Waals surface area (Å²) in [6, 6.07) is 6.74. The lowest BCUT2D eigenvalue weighted by molar-refractivity contribution is 0.613. The number of rotatable bonds is 2. The molecule has 2 N–H and O–H groups in total. The third-order valence-electron chi connectivity index (χ3n) is 3.13. The third-order valence-corrected chi connectivity index (χ3v) is 3.13. The van der Waals surface area contributed by atoms with Crippen molar-refractivity contribution < 1.29 is 4.39 Å². The second-order valence-electron chi connectivity index (χ2n) is 4.33. The largest absolute Gasteiger partial charge is 0.347 e. The highest BCUT2D eigenvalue weighted by Crippen LogP contribution is 2.23. The molecule has 1 fully saturated rings. The number of halogens is 1. The molecule has 4 heteroatoms. The van der Waals surface area contributed by atoms with E-state index in [1.165, 1.54) is 18.6 Å². The van der Waals surface area contributed by atoms with Gasteiger partial charge in [-0.1, -0.05) is 0 Å². The highest BCUT2D eigenvalue weighted by Gasteiger charge is 2.19. The summed E-state index contributed by atoms with van der Waals surface area (Å²) in [5, 5.41) is 3.39. The predicted molar refractivity (Wildman–Crippen MR) is 64.0 cm³/mol. The fourth-order valence-corrected chi connectivity index (χ4v) is 2.20. The van der Waals surface area contributed by atoms with Crippen LogP contribution in [0.2, 0.25) is 0 Å². The molecule has 3 nitrogen and oxygen atoms in total. The predicted octanol–water partition coefficient (Wildman–Crippen LogP) is 2.64. The van der Waals surface area contributed by atoms with E-state index in [0.29, 0.717) is 6.04 Å². The lowest BCUT2D eigenvalue weighted by Gasteiger charge is -2.04. The monoisotopic (exact) mass is 231 g/mol. The number of aromatic nitrogens is 2. The summed E-state index contributed by atoms with van der Waals surface area (Å²) >= 11 is 0. The molecular weight excluding hydrogens is 217 g/mol. The van der Waals surface area contributed by atoms with Gasteiger partial charge >= 0.3 is 0 Å². The molecule has 1 unspecified atom stereocenters. The maximum Gasteiger partial charge on any atom is 0.124 e. The normalized spacial score (nSPS) is 19.7. The lowest BCUT2D eigenvalue weighted by atomic mass is 10.2. The quantitative estimate of drug-likeness (QED) is 0.834. The summed E-state index contributed by atoms with van der Waals surface area (Å²) in [6.07, 6.45) is 4.19. The first-order chi connectivity index (χ1) is 8.33. The number of nitrogens with zero attached hydrogens (tertiary/aromatic N) is 1. The Kier molecular flexibility index (Phi) is 2.65. The van der Waals surface area contributed by atoms with Gasteiger partial charge in [0.15, 0.2) is 0 Å². The molecule has 2 heterocycles. The molecule has 0 bridgehead atoms. The van der Waals surface area contributed by atoms with Gasteiger partial charge < -0.3 is 10.3 Å². The van der Waals surface area contributed by atoms with Gasteiger partial charge in [-0.2, -0.15) is 0 Å². The van der Waals surface area contributed by atoms with Crippen molar-refractivity contribution in [3.8, 4) is 11.3 Å². The average Bonchev–Trinajstić information content (AvgIpc) is 3.00. The molecule has 1 aliphatic rings. The maximum atomic E-state index is 12.8. The number of hydrogen-bond acceptors (Lipinski definition) is 2. The molecule has 1 atom stereocenters. The Morgan fingerprint density at radius 1 is 1.24 bits per heavy atom. The number of nitrogens with one attached hydrogen (secondary N) is 2. The summed E-state index contributed by atoms with van der Waals surface area (Å²) in [4.78, 5) is 7.75. The molecule has 2 aromatic rings. The Morgan fingerprint density at radius 3 is 2.76 bits per heavy atom. The van der Waals surface area contributed by atoms with Crippen LogP contribution in [0.5, 0.6) is 0 Å². The van der Waals surface area contributed by atoms with Gasteiger partial charge in [0.2, 0.25) is 0 Å². The Bertz CT molecular complexity index is 498. The van der Waals surface area contributed by atoms with Crippen LogP contribution >= 0.6 is 0 Å². The first-order valence-electron chi connectivity index (χ1n) is 5.87. The van der Waals surface area contributed by atoms with Crippen LogP contribution in [0.3, 0.4) is 0 Å². The van der Waals surface area contributed by atoms with Gasteiger partial charge in [-0.15, -0.1) is 0 Å². The molecule has 88 valence electrons. The van der Waals surface area contributed by atoms with Crippen molar-refractivity contribution in [3.05, 3.63) is 42.1 Å². The highest BCUT2D eigenvalue weighted by atomic mass is 19.1. The first kappa shape index (κ1) is 10.5. The number of imidazole rings is 1. The SMILES string of the molecule is Fc1ccc(-c2c[nH]c(C3CCCN3)n2)cc1. The van der Waals surface area contributed by atoms with Crippen molar-refractivity contribution in [3.63, 3.8) is 0 Å². The van der Waals surface area contributed by atoms with E-state index >= 15 is 0 Å². The van der Waals surface area contributed by atoms with E-state index in [-0.39, 0.29) is 5.82 Å². The molecule has 1 aromatic heterocycles. The molecular formula is C13H14FN3. The minimum atomic E-state index is -0.220. The number of benzene rings is 1. The summed E-state index contributed by atoms with van der Waals surface area (Å²) in [7, 11) is 0. The Hall–Kier alpha value is -1.68. The maximum absolute atomic E-state index is 12.8. The van der Waals surface area contributed by atoms with Crippen molar-refractivity contribution >= 4 is 0 Å². The molecule has 1 aliphatic heterocycles. The van der Waals surface area contributed by atoms with Crippen LogP contribution in [0, 0.1) is 5.82 Å². The molecule has 0 radical (unpaired) electrons. The average molecular weight is 231 g/mol.